The maximum absolute atomic E-state index is 13.2. The molecule has 0 radical (unpaired) electrons. The zero-order valence-electron chi connectivity index (χ0n) is 17.6. The minimum atomic E-state index is -0.867. The molecule has 5 nitrogen and oxygen atoms in total. The van der Waals surface area contributed by atoms with Crippen molar-refractivity contribution in [3.8, 4) is 5.75 Å². The largest absolute Gasteiger partial charge is 0.507 e. The van der Waals surface area contributed by atoms with Gasteiger partial charge in [-0.05, 0) is 50.1 Å². The van der Waals surface area contributed by atoms with E-state index in [-0.39, 0.29) is 22.8 Å². The first-order chi connectivity index (χ1) is 14.8. The van der Waals surface area contributed by atoms with Gasteiger partial charge in [-0.3, -0.25) is 14.5 Å². The Labute approximate surface area is 180 Å². The number of anilines is 1. The van der Waals surface area contributed by atoms with Gasteiger partial charge in [0.25, 0.3) is 11.7 Å². The molecule has 1 unspecified atom stereocenters. The molecule has 0 aromatic heterocycles. The number of aryl methyl sites for hydroxylation is 3. The molecule has 3 aromatic carbocycles. The van der Waals surface area contributed by atoms with Gasteiger partial charge in [0, 0.05) is 5.56 Å². The van der Waals surface area contributed by atoms with Crippen molar-refractivity contribution in [2.45, 2.75) is 26.8 Å². The summed E-state index contributed by atoms with van der Waals surface area (Å²) in [6.45, 7) is 5.66. The molecule has 1 aliphatic heterocycles. The summed E-state index contributed by atoms with van der Waals surface area (Å²) in [5.74, 6) is -1.91. The molecular formula is C26H23NO4. The van der Waals surface area contributed by atoms with Crippen LogP contribution in [0.15, 0.2) is 72.3 Å². The van der Waals surface area contributed by atoms with Gasteiger partial charge in [-0.25, -0.2) is 0 Å². The van der Waals surface area contributed by atoms with E-state index in [0.717, 1.165) is 16.7 Å². The molecule has 156 valence electrons. The van der Waals surface area contributed by atoms with Gasteiger partial charge in [0.1, 0.15) is 11.5 Å². The summed E-state index contributed by atoms with van der Waals surface area (Å²) in [4.78, 5) is 27.6. The average molecular weight is 413 g/mol. The Hall–Kier alpha value is -3.86. The van der Waals surface area contributed by atoms with Crippen LogP contribution in [0.4, 0.5) is 5.69 Å². The Morgan fingerprint density at radius 3 is 2.29 bits per heavy atom. The number of ketones is 1. The number of phenols is 1. The van der Waals surface area contributed by atoms with E-state index in [0.29, 0.717) is 11.1 Å². The Kier molecular flexibility index (Phi) is 5.11. The van der Waals surface area contributed by atoms with Crippen LogP contribution in [-0.4, -0.2) is 21.9 Å². The highest BCUT2D eigenvalue weighted by atomic mass is 16.3. The molecule has 0 spiro atoms. The number of carbonyl (C=O) groups is 2. The molecule has 4 rings (SSSR count). The monoisotopic (exact) mass is 413 g/mol. The molecule has 0 bridgehead atoms. The minimum absolute atomic E-state index is 0.00699. The number of nitrogens with zero attached hydrogens (tertiary/aromatic N) is 1. The number of hydrogen-bond acceptors (Lipinski definition) is 4. The van der Waals surface area contributed by atoms with Crippen LogP contribution in [0.2, 0.25) is 0 Å². The molecule has 1 saturated heterocycles. The third-order valence-corrected chi connectivity index (χ3v) is 5.59. The normalized spacial score (nSPS) is 17.9. The van der Waals surface area contributed by atoms with Crippen molar-refractivity contribution in [3.63, 3.8) is 0 Å². The minimum Gasteiger partial charge on any atom is -0.507 e. The molecule has 0 aliphatic carbocycles. The van der Waals surface area contributed by atoms with E-state index in [4.69, 9.17) is 0 Å². The van der Waals surface area contributed by atoms with Crippen molar-refractivity contribution in [2.75, 3.05) is 4.90 Å². The first-order valence-electron chi connectivity index (χ1n) is 10.0. The molecular weight excluding hydrogens is 390 g/mol. The van der Waals surface area contributed by atoms with Gasteiger partial charge in [-0.15, -0.1) is 0 Å². The number of benzene rings is 3. The highest BCUT2D eigenvalue weighted by Gasteiger charge is 2.47. The van der Waals surface area contributed by atoms with E-state index >= 15 is 0 Å². The van der Waals surface area contributed by atoms with E-state index in [9.17, 15) is 19.8 Å². The third kappa shape index (κ3) is 3.48. The molecule has 1 atom stereocenters. The van der Waals surface area contributed by atoms with Crippen LogP contribution >= 0.6 is 0 Å². The maximum Gasteiger partial charge on any atom is 0.300 e. The lowest BCUT2D eigenvalue weighted by atomic mass is 9.92. The molecule has 1 aliphatic rings. The summed E-state index contributed by atoms with van der Waals surface area (Å²) in [6.07, 6.45) is 0. The number of rotatable bonds is 3. The summed E-state index contributed by atoms with van der Waals surface area (Å²) in [5, 5.41) is 21.7. The fraction of sp³-hybridized carbons (Fsp3) is 0.154. The highest BCUT2D eigenvalue weighted by Crippen LogP contribution is 2.45. The zero-order valence-corrected chi connectivity index (χ0v) is 17.6. The fourth-order valence-corrected chi connectivity index (χ4v) is 4.04. The number of para-hydroxylation sites is 2. The maximum atomic E-state index is 13.2. The average Bonchev–Trinajstić information content (AvgIpc) is 3.00. The molecule has 1 fully saturated rings. The molecule has 5 heteroatoms. The molecule has 1 heterocycles. The number of Topliss-reactive ketones (excluding diaryl/α,β-unsaturated/α-hetero) is 1. The number of amides is 1. The van der Waals surface area contributed by atoms with Crippen LogP contribution < -0.4 is 4.90 Å². The first kappa shape index (κ1) is 20.4. The number of aromatic hydroxyl groups is 1. The van der Waals surface area contributed by atoms with E-state index < -0.39 is 17.7 Å². The molecule has 0 saturated carbocycles. The Bertz CT molecular complexity index is 1240. The van der Waals surface area contributed by atoms with Gasteiger partial charge in [-0.1, -0.05) is 59.7 Å². The van der Waals surface area contributed by atoms with Crippen molar-refractivity contribution in [3.05, 3.63) is 100 Å². The lowest BCUT2D eigenvalue weighted by Crippen LogP contribution is -2.29. The summed E-state index contributed by atoms with van der Waals surface area (Å²) in [7, 11) is 0. The lowest BCUT2D eigenvalue weighted by molar-refractivity contribution is -0.132. The van der Waals surface area contributed by atoms with Gasteiger partial charge in [0.05, 0.1) is 17.3 Å². The van der Waals surface area contributed by atoms with E-state index in [2.05, 4.69) is 0 Å². The van der Waals surface area contributed by atoms with Crippen LogP contribution in [0.3, 0.4) is 0 Å². The summed E-state index contributed by atoms with van der Waals surface area (Å²) in [6, 6.07) is 18.5. The number of carbonyl (C=O) groups excluding carboxylic acids is 2. The standard InChI is InChI=1S/C26H23NO4/c1-15-7-6-8-18(13-15)23-22(24(29)19-14-16(2)11-12-17(19)3)25(30)26(31)27(23)20-9-4-5-10-21(20)28/h4-14,23,28-29H,1-3H3/b24-22+. The van der Waals surface area contributed by atoms with Gasteiger partial charge >= 0.3 is 0 Å². The topological polar surface area (TPSA) is 77.8 Å². The highest BCUT2D eigenvalue weighted by molar-refractivity contribution is 6.52. The SMILES string of the molecule is Cc1cccc(C2/C(=C(\O)c3cc(C)ccc3C)C(=O)C(=O)N2c2ccccc2O)c1. The van der Waals surface area contributed by atoms with Gasteiger partial charge in [0.15, 0.2) is 0 Å². The van der Waals surface area contributed by atoms with Crippen LogP contribution in [0, 0.1) is 20.8 Å². The second-order valence-electron chi connectivity index (χ2n) is 7.89. The predicted molar refractivity (Wildman–Crippen MR) is 120 cm³/mol. The smallest absolute Gasteiger partial charge is 0.300 e. The van der Waals surface area contributed by atoms with Crippen molar-refractivity contribution in [1.29, 1.82) is 0 Å². The van der Waals surface area contributed by atoms with Crippen molar-refractivity contribution >= 4 is 23.1 Å². The van der Waals surface area contributed by atoms with Crippen LogP contribution in [-0.2, 0) is 9.59 Å². The summed E-state index contributed by atoms with van der Waals surface area (Å²) in [5.41, 5.74) is 4.08. The molecule has 3 aromatic rings. The van der Waals surface area contributed by atoms with Crippen molar-refractivity contribution in [1.82, 2.24) is 0 Å². The van der Waals surface area contributed by atoms with E-state index in [1.54, 1.807) is 24.3 Å². The Morgan fingerprint density at radius 2 is 1.58 bits per heavy atom. The quantitative estimate of drug-likeness (QED) is 0.362. The van der Waals surface area contributed by atoms with E-state index in [1.165, 1.54) is 11.0 Å². The second-order valence-corrected chi connectivity index (χ2v) is 7.89. The zero-order chi connectivity index (χ0) is 22.3. The van der Waals surface area contributed by atoms with Crippen molar-refractivity contribution in [2.24, 2.45) is 0 Å². The molecule has 2 N–H and O–H groups in total. The first-order valence-corrected chi connectivity index (χ1v) is 10.0. The van der Waals surface area contributed by atoms with E-state index in [1.807, 2.05) is 57.2 Å². The molecule has 31 heavy (non-hydrogen) atoms. The van der Waals surface area contributed by atoms with Gasteiger partial charge in [0.2, 0.25) is 0 Å². The summed E-state index contributed by atoms with van der Waals surface area (Å²) < 4.78 is 0. The van der Waals surface area contributed by atoms with Crippen molar-refractivity contribution < 1.29 is 19.8 Å². The van der Waals surface area contributed by atoms with Crippen LogP contribution in [0.1, 0.15) is 33.9 Å². The number of hydrogen-bond donors (Lipinski definition) is 2. The molecule has 1 amide bonds. The number of phenolic OH excluding ortho intramolecular Hbond substituents is 1. The Morgan fingerprint density at radius 1 is 0.871 bits per heavy atom. The Balaban J connectivity index is 2.02. The number of aliphatic hydroxyl groups excluding tert-OH is 1. The lowest BCUT2D eigenvalue weighted by Gasteiger charge is -2.26. The second kappa shape index (κ2) is 7.76. The predicted octanol–water partition coefficient (Wildman–Crippen LogP) is 4.94. The fourth-order valence-electron chi connectivity index (χ4n) is 4.04. The summed E-state index contributed by atoms with van der Waals surface area (Å²) >= 11 is 0. The third-order valence-electron chi connectivity index (χ3n) is 5.59. The van der Waals surface area contributed by atoms with Gasteiger partial charge in [-0.2, -0.15) is 0 Å². The van der Waals surface area contributed by atoms with Gasteiger partial charge < -0.3 is 10.2 Å². The van der Waals surface area contributed by atoms with Crippen LogP contribution in [0.5, 0.6) is 5.75 Å². The number of aliphatic hydroxyl groups is 1. The van der Waals surface area contributed by atoms with Crippen LogP contribution in [0.25, 0.3) is 5.76 Å².